The first-order valence-electron chi connectivity index (χ1n) is 11.2. The number of aliphatic hydroxyl groups is 1. The third-order valence-corrected chi connectivity index (χ3v) is 6.88. The second kappa shape index (κ2) is 7.98. The van der Waals surface area contributed by atoms with Gasteiger partial charge in [-0.15, -0.1) is 0 Å². The quantitative estimate of drug-likeness (QED) is 0.683. The van der Waals surface area contributed by atoms with Crippen molar-refractivity contribution in [1.29, 1.82) is 0 Å². The van der Waals surface area contributed by atoms with Crippen molar-refractivity contribution in [3.8, 4) is 0 Å². The smallest absolute Gasteiger partial charge is 0.308 e. The molecule has 0 spiro atoms. The predicted octanol–water partition coefficient (Wildman–Crippen LogP) is 2.09. The molecule has 172 valence electrons. The summed E-state index contributed by atoms with van der Waals surface area (Å²) in [6.07, 6.45) is 1.38. The summed E-state index contributed by atoms with van der Waals surface area (Å²) in [6, 6.07) is 0. The van der Waals surface area contributed by atoms with Crippen molar-refractivity contribution in [1.82, 2.24) is 0 Å². The highest BCUT2D eigenvalue weighted by molar-refractivity contribution is 5.70. The second-order valence-corrected chi connectivity index (χ2v) is 10.0. The zero-order valence-corrected chi connectivity index (χ0v) is 18.7. The molecule has 4 heterocycles. The molecule has 30 heavy (non-hydrogen) atoms. The lowest BCUT2D eigenvalue weighted by Crippen LogP contribution is -2.66. The maximum absolute atomic E-state index is 12.0. The van der Waals surface area contributed by atoms with Gasteiger partial charge in [0.1, 0.15) is 6.10 Å². The number of fused-ring (bicyclic) bond motifs is 3. The molecule has 4 saturated heterocycles. The Morgan fingerprint density at radius 2 is 1.73 bits per heavy atom. The Balaban J connectivity index is 1.48. The van der Waals surface area contributed by atoms with Crippen molar-refractivity contribution in [2.24, 2.45) is 0 Å². The summed E-state index contributed by atoms with van der Waals surface area (Å²) in [4.78, 5) is 12.0. The summed E-state index contributed by atoms with van der Waals surface area (Å²) in [5, 5.41) is 11.1. The Hall–Kier alpha value is -0.770. The fourth-order valence-corrected chi connectivity index (χ4v) is 5.45. The Kier molecular flexibility index (Phi) is 5.96. The van der Waals surface area contributed by atoms with Crippen LogP contribution in [-0.4, -0.2) is 77.9 Å². The van der Waals surface area contributed by atoms with E-state index in [0.29, 0.717) is 26.1 Å². The standard InChI is InChI=1S/C22H36O8/c1-6-25-19(23)10-17-21(4,24)12-22(5)18(28-17)9-15-13(30-22)7-8-14-16(27-15)11-26-20(2,3)29-14/h13-18,24H,6-12H2,1-5H3/t13-,14+,15+,16-,17+,18-,21-,22+/m1/s1. The second-order valence-electron chi connectivity index (χ2n) is 10.0. The van der Waals surface area contributed by atoms with Gasteiger partial charge in [-0.3, -0.25) is 4.79 Å². The van der Waals surface area contributed by atoms with E-state index in [-0.39, 0.29) is 42.9 Å². The lowest BCUT2D eigenvalue weighted by atomic mass is 9.74. The fourth-order valence-electron chi connectivity index (χ4n) is 5.45. The first kappa shape index (κ1) is 22.4. The van der Waals surface area contributed by atoms with Crippen molar-refractivity contribution in [3.05, 3.63) is 0 Å². The first-order chi connectivity index (χ1) is 14.0. The van der Waals surface area contributed by atoms with Crippen molar-refractivity contribution in [2.45, 2.75) is 120 Å². The predicted molar refractivity (Wildman–Crippen MR) is 106 cm³/mol. The van der Waals surface area contributed by atoms with E-state index in [2.05, 4.69) is 0 Å². The van der Waals surface area contributed by atoms with Crippen LogP contribution in [0.3, 0.4) is 0 Å². The number of carbonyl (C=O) groups is 1. The summed E-state index contributed by atoms with van der Waals surface area (Å²) < 4.78 is 36.2. The lowest BCUT2D eigenvalue weighted by molar-refractivity contribution is -0.330. The molecule has 0 aliphatic carbocycles. The Labute approximate surface area is 178 Å². The van der Waals surface area contributed by atoms with E-state index in [1.165, 1.54) is 0 Å². The molecular weight excluding hydrogens is 392 g/mol. The van der Waals surface area contributed by atoms with Gasteiger partial charge < -0.3 is 33.5 Å². The molecule has 1 N–H and O–H groups in total. The van der Waals surface area contributed by atoms with Gasteiger partial charge in [-0.1, -0.05) is 0 Å². The number of rotatable bonds is 3. The van der Waals surface area contributed by atoms with Crippen LogP contribution in [0.1, 0.15) is 66.7 Å². The number of esters is 1. The van der Waals surface area contributed by atoms with Crippen LogP contribution in [0, 0.1) is 0 Å². The van der Waals surface area contributed by atoms with Crippen LogP contribution in [0.15, 0.2) is 0 Å². The van der Waals surface area contributed by atoms with Crippen molar-refractivity contribution in [3.63, 3.8) is 0 Å². The molecule has 4 aliphatic heterocycles. The molecule has 4 fully saturated rings. The molecular formula is C22H36O8. The molecule has 0 amide bonds. The Bertz CT molecular complexity index is 649. The average molecular weight is 429 g/mol. The molecule has 0 aromatic carbocycles. The van der Waals surface area contributed by atoms with Gasteiger partial charge in [0.15, 0.2) is 5.79 Å². The van der Waals surface area contributed by atoms with Crippen molar-refractivity contribution in [2.75, 3.05) is 13.2 Å². The summed E-state index contributed by atoms with van der Waals surface area (Å²) in [7, 11) is 0. The van der Waals surface area contributed by atoms with Crippen LogP contribution in [0.5, 0.6) is 0 Å². The maximum Gasteiger partial charge on any atom is 0.308 e. The number of hydrogen-bond donors (Lipinski definition) is 1. The Morgan fingerprint density at radius 3 is 2.43 bits per heavy atom. The largest absolute Gasteiger partial charge is 0.466 e. The maximum atomic E-state index is 12.0. The van der Waals surface area contributed by atoms with Gasteiger partial charge in [-0.2, -0.15) is 0 Å². The average Bonchev–Trinajstić information content (AvgIpc) is 2.78. The lowest BCUT2D eigenvalue weighted by Gasteiger charge is -2.55. The Morgan fingerprint density at radius 1 is 1.03 bits per heavy atom. The molecule has 0 unspecified atom stereocenters. The number of ether oxygens (including phenoxy) is 6. The zero-order chi connectivity index (χ0) is 21.7. The van der Waals surface area contributed by atoms with Crippen LogP contribution >= 0.6 is 0 Å². The molecule has 0 bridgehead atoms. The van der Waals surface area contributed by atoms with Crippen LogP contribution in [-0.2, 0) is 33.2 Å². The van der Waals surface area contributed by atoms with E-state index in [1.54, 1.807) is 13.8 Å². The molecule has 0 radical (unpaired) electrons. The summed E-state index contributed by atoms with van der Waals surface area (Å²) in [6.45, 7) is 10.1. The third kappa shape index (κ3) is 4.40. The van der Waals surface area contributed by atoms with Crippen molar-refractivity contribution < 1.29 is 38.3 Å². The van der Waals surface area contributed by atoms with Gasteiger partial charge in [0.05, 0.1) is 61.4 Å². The topological polar surface area (TPSA) is 92.7 Å². The molecule has 0 saturated carbocycles. The van der Waals surface area contributed by atoms with Crippen LogP contribution < -0.4 is 0 Å². The molecule has 8 nitrogen and oxygen atoms in total. The van der Waals surface area contributed by atoms with Gasteiger partial charge in [0.2, 0.25) is 0 Å². The molecule has 4 rings (SSSR count). The molecule has 4 aliphatic rings. The molecule has 0 aromatic heterocycles. The van der Waals surface area contributed by atoms with E-state index >= 15 is 0 Å². The fraction of sp³-hybridized carbons (Fsp3) is 0.955. The van der Waals surface area contributed by atoms with Gasteiger partial charge >= 0.3 is 5.97 Å². The minimum absolute atomic E-state index is 0.0177. The van der Waals surface area contributed by atoms with Gasteiger partial charge in [-0.05, 0) is 47.5 Å². The van der Waals surface area contributed by atoms with E-state index in [9.17, 15) is 9.90 Å². The summed E-state index contributed by atoms with van der Waals surface area (Å²) in [5.41, 5.74) is -1.84. The monoisotopic (exact) mass is 428 g/mol. The minimum atomic E-state index is -1.19. The third-order valence-electron chi connectivity index (χ3n) is 6.88. The highest BCUT2D eigenvalue weighted by Gasteiger charge is 2.58. The highest BCUT2D eigenvalue weighted by atomic mass is 16.7. The van der Waals surface area contributed by atoms with Crippen molar-refractivity contribution >= 4 is 5.97 Å². The normalized spacial score (nSPS) is 47.9. The van der Waals surface area contributed by atoms with Gasteiger partial charge in [0.25, 0.3) is 0 Å². The minimum Gasteiger partial charge on any atom is -0.466 e. The van der Waals surface area contributed by atoms with Gasteiger partial charge in [-0.25, -0.2) is 0 Å². The zero-order valence-electron chi connectivity index (χ0n) is 18.7. The highest BCUT2D eigenvalue weighted by Crippen LogP contribution is 2.47. The van der Waals surface area contributed by atoms with E-state index in [1.807, 2.05) is 20.8 Å². The van der Waals surface area contributed by atoms with E-state index in [0.717, 1.165) is 12.8 Å². The van der Waals surface area contributed by atoms with Crippen LogP contribution in [0.2, 0.25) is 0 Å². The van der Waals surface area contributed by atoms with E-state index < -0.39 is 23.1 Å². The molecule has 8 atom stereocenters. The SMILES string of the molecule is CCOC(=O)C[C@@H]1O[C@@H]2C[C@@H]3O[C@@H]4COC(C)(C)O[C@H]4CC[C@H]3O[C@@]2(C)C[C@@]1(C)O. The molecule has 0 aromatic rings. The summed E-state index contributed by atoms with van der Waals surface area (Å²) >= 11 is 0. The number of carbonyl (C=O) groups excluding carboxylic acids is 1. The molecule has 8 heteroatoms. The van der Waals surface area contributed by atoms with Crippen LogP contribution in [0.25, 0.3) is 0 Å². The first-order valence-corrected chi connectivity index (χ1v) is 11.2. The van der Waals surface area contributed by atoms with Crippen LogP contribution in [0.4, 0.5) is 0 Å². The van der Waals surface area contributed by atoms with E-state index in [4.69, 9.17) is 28.4 Å². The number of hydrogen-bond acceptors (Lipinski definition) is 8. The van der Waals surface area contributed by atoms with Gasteiger partial charge in [0, 0.05) is 12.8 Å². The summed E-state index contributed by atoms with van der Waals surface area (Å²) in [5.74, 6) is -0.975.